The summed E-state index contributed by atoms with van der Waals surface area (Å²) in [4.78, 5) is 16.0. The second-order valence-electron chi connectivity index (χ2n) is 6.56. The molecular formula is C19H28N4O3. The minimum atomic E-state index is -0.270. The number of guanidine groups is 1. The average molecular weight is 360 g/mol. The van der Waals surface area contributed by atoms with Crippen LogP contribution in [0.1, 0.15) is 26.3 Å². The molecule has 0 aromatic heterocycles. The molecule has 0 radical (unpaired) electrons. The largest absolute Gasteiger partial charge is 0.493 e. The smallest absolute Gasteiger partial charge is 0.239 e. The van der Waals surface area contributed by atoms with E-state index in [0.29, 0.717) is 24.0 Å². The van der Waals surface area contributed by atoms with E-state index in [2.05, 4.69) is 26.9 Å². The molecule has 0 saturated carbocycles. The summed E-state index contributed by atoms with van der Waals surface area (Å²) in [7, 11) is 3.22. The number of methoxy groups -OCH3 is 1. The minimum absolute atomic E-state index is 0.102. The Morgan fingerprint density at radius 2 is 2.00 bits per heavy atom. The number of ether oxygens (including phenoxy) is 2. The lowest BCUT2D eigenvalue weighted by Crippen LogP contribution is -2.48. The molecule has 0 unspecified atom stereocenters. The van der Waals surface area contributed by atoms with Gasteiger partial charge in [0.1, 0.15) is 6.61 Å². The average Bonchev–Trinajstić information content (AvgIpc) is 2.58. The molecule has 7 heteroatoms. The second-order valence-corrected chi connectivity index (χ2v) is 6.56. The lowest BCUT2D eigenvalue weighted by Gasteiger charge is -2.21. The fraction of sp³-hybridized carbons (Fsp3) is 0.474. The highest BCUT2D eigenvalue weighted by Crippen LogP contribution is 2.27. The molecule has 26 heavy (non-hydrogen) atoms. The Morgan fingerprint density at radius 3 is 2.58 bits per heavy atom. The first-order chi connectivity index (χ1) is 12.3. The molecule has 7 nitrogen and oxygen atoms in total. The molecule has 0 saturated heterocycles. The molecule has 3 N–H and O–H groups in total. The number of hydrogen-bond acceptors (Lipinski definition) is 4. The van der Waals surface area contributed by atoms with Gasteiger partial charge in [0.15, 0.2) is 17.5 Å². The van der Waals surface area contributed by atoms with E-state index >= 15 is 0 Å². The van der Waals surface area contributed by atoms with E-state index < -0.39 is 0 Å². The first-order valence-corrected chi connectivity index (χ1v) is 8.27. The molecule has 0 aliphatic carbocycles. The predicted octanol–water partition coefficient (Wildman–Crippen LogP) is 1.29. The molecule has 0 aliphatic rings. The van der Waals surface area contributed by atoms with Gasteiger partial charge in [-0.15, -0.1) is 6.42 Å². The normalized spacial score (nSPS) is 11.3. The van der Waals surface area contributed by atoms with Gasteiger partial charge in [-0.05, 0) is 38.5 Å². The number of terminal acetylenes is 1. The molecule has 0 aliphatic heterocycles. The molecule has 0 atom stereocenters. The highest BCUT2D eigenvalue weighted by Gasteiger charge is 2.13. The summed E-state index contributed by atoms with van der Waals surface area (Å²) >= 11 is 0. The van der Waals surface area contributed by atoms with Gasteiger partial charge >= 0.3 is 0 Å². The van der Waals surface area contributed by atoms with E-state index in [-0.39, 0.29) is 24.6 Å². The van der Waals surface area contributed by atoms with Crippen LogP contribution >= 0.6 is 0 Å². The molecule has 142 valence electrons. The van der Waals surface area contributed by atoms with Crippen LogP contribution < -0.4 is 25.4 Å². The maximum absolute atomic E-state index is 11.9. The van der Waals surface area contributed by atoms with Crippen molar-refractivity contribution in [3.63, 3.8) is 0 Å². The van der Waals surface area contributed by atoms with E-state index in [1.54, 1.807) is 14.2 Å². The number of amides is 1. The van der Waals surface area contributed by atoms with Crippen molar-refractivity contribution >= 4 is 11.9 Å². The molecular weight excluding hydrogens is 332 g/mol. The Labute approximate surface area is 155 Å². The van der Waals surface area contributed by atoms with Gasteiger partial charge in [0.25, 0.3) is 0 Å². The van der Waals surface area contributed by atoms with E-state index in [9.17, 15) is 4.79 Å². The van der Waals surface area contributed by atoms with Gasteiger partial charge in [0.2, 0.25) is 5.91 Å². The summed E-state index contributed by atoms with van der Waals surface area (Å²) < 4.78 is 10.7. The zero-order valence-corrected chi connectivity index (χ0v) is 16.1. The van der Waals surface area contributed by atoms with Crippen LogP contribution in [0.4, 0.5) is 0 Å². The van der Waals surface area contributed by atoms with E-state index in [0.717, 1.165) is 5.56 Å². The SMILES string of the molecule is C#CCOc1cc(CNC(=NC)NCC(=O)NC(C)(C)C)ccc1OC. The van der Waals surface area contributed by atoms with Gasteiger partial charge in [-0.1, -0.05) is 12.0 Å². The third-order valence-electron chi connectivity index (χ3n) is 3.15. The molecule has 0 bridgehead atoms. The van der Waals surface area contributed by atoms with Crippen LogP contribution in [0.25, 0.3) is 0 Å². The lowest BCUT2D eigenvalue weighted by molar-refractivity contribution is -0.121. The minimum Gasteiger partial charge on any atom is -0.493 e. The van der Waals surface area contributed by atoms with Crippen LogP contribution in [0.3, 0.4) is 0 Å². The number of hydrogen-bond donors (Lipinski definition) is 3. The molecule has 0 fully saturated rings. The maximum atomic E-state index is 11.9. The molecule has 1 aromatic rings. The summed E-state index contributed by atoms with van der Waals surface area (Å²) in [5.41, 5.74) is 0.688. The fourth-order valence-corrected chi connectivity index (χ4v) is 2.10. The van der Waals surface area contributed by atoms with Gasteiger partial charge < -0.3 is 25.4 Å². The summed E-state index contributed by atoms with van der Waals surface area (Å²) in [6.07, 6.45) is 5.23. The quantitative estimate of drug-likeness (QED) is 0.388. The van der Waals surface area contributed by atoms with Crippen molar-refractivity contribution in [2.75, 3.05) is 27.3 Å². The number of aliphatic imine (C=N–C) groups is 1. The molecule has 1 amide bonds. The number of benzene rings is 1. The summed E-state index contributed by atoms with van der Waals surface area (Å²) in [6, 6.07) is 5.58. The molecule has 0 heterocycles. The van der Waals surface area contributed by atoms with Crippen LogP contribution in [0.5, 0.6) is 11.5 Å². The van der Waals surface area contributed by atoms with Gasteiger partial charge in [0, 0.05) is 19.1 Å². The van der Waals surface area contributed by atoms with E-state index in [1.165, 1.54) is 0 Å². The summed E-state index contributed by atoms with van der Waals surface area (Å²) in [5.74, 6) is 4.05. The van der Waals surface area contributed by atoms with Gasteiger partial charge in [-0.25, -0.2) is 0 Å². The number of carbonyl (C=O) groups excluding carboxylic acids is 1. The first-order valence-electron chi connectivity index (χ1n) is 8.27. The van der Waals surface area contributed by atoms with Crippen LogP contribution in [0, 0.1) is 12.3 Å². The van der Waals surface area contributed by atoms with Crippen LogP contribution in [-0.4, -0.2) is 44.7 Å². The number of nitrogens with one attached hydrogen (secondary N) is 3. The molecule has 0 spiro atoms. The zero-order chi connectivity index (χ0) is 19.6. The highest BCUT2D eigenvalue weighted by atomic mass is 16.5. The topological polar surface area (TPSA) is 84.0 Å². The molecule has 1 rings (SSSR count). The van der Waals surface area contributed by atoms with Gasteiger partial charge in [-0.3, -0.25) is 9.79 Å². The highest BCUT2D eigenvalue weighted by molar-refractivity contribution is 5.86. The Morgan fingerprint density at radius 1 is 1.27 bits per heavy atom. The number of rotatable bonds is 7. The van der Waals surface area contributed by atoms with Crippen molar-refractivity contribution in [3.05, 3.63) is 23.8 Å². The zero-order valence-electron chi connectivity index (χ0n) is 16.1. The Bertz CT molecular complexity index is 672. The van der Waals surface area contributed by atoms with Crippen LogP contribution in [0.2, 0.25) is 0 Å². The fourth-order valence-electron chi connectivity index (χ4n) is 2.10. The third kappa shape index (κ3) is 7.79. The lowest BCUT2D eigenvalue weighted by atomic mass is 10.1. The van der Waals surface area contributed by atoms with Crippen molar-refractivity contribution in [2.24, 2.45) is 4.99 Å². The van der Waals surface area contributed by atoms with Crippen molar-refractivity contribution in [2.45, 2.75) is 32.9 Å². The van der Waals surface area contributed by atoms with E-state index in [1.807, 2.05) is 39.0 Å². The van der Waals surface area contributed by atoms with Crippen molar-refractivity contribution in [3.8, 4) is 23.8 Å². The van der Waals surface area contributed by atoms with Crippen LogP contribution in [-0.2, 0) is 11.3 Å². The first kappa shape index (κ1) is 21.2. The maximum Gasteiger partial charge on any atom is 0.239 e. The third-order valence-corrected chi connectivity index (χ3v) is 3.15. The second kappa shape index (κ2) is 10.2. The Kier molecular flexibility index (Phi) is 8.29. The van der Waals surface area contributed by atoms with Crippen LogP contribution in [0.15, 0.2) is 23.2 Å². The van der Waals surface area contributed by atoms with Crippen molar-refractivity contribution in [1.29, 1.82) is 0 Å². The van der Waals surface area contributed by atoms with E-state index in [4.69, 9.17) is 15.9 Å². The Hall–Kier alpha value is -2.88. The summed E-state index contributed by atoms with van der Waals surface area (Å²) in [6.45, 7) is 6.59. The van der Waals surface area contributed by atoms with Gasteiger partial charge in [0.05, 0.1) is 13.7 Å². The number of nitrogens with zero attached hydrogens (tertiary/aromatic N) is 1. The standard InChI is InChI=1S/C19H28N4O3/c1-7-10-26-16-11-14(8-9-15(16)25-6)12-21-18(20-5)22-13-17(24)23-19(2,3)4/h1,8-9,11H,10,12-13H2,2-6H3,(H,23,24)(H2,20,21,22). The molecule has 1 aromatic carbocycles. The van der Waals surface area contributed by atoms with Crippen molar-refractivity contribution < 1.29 is 14.3 Å². The monoisotopic (exact) mass is 360 g/mol. The van der Waals surface area contributed by atoms with Gasteiger partial charge in [-0.2, -0.15) is 0 Å². The van der Waals surface area contributed by atoms with Crippen molar-refractivity contribution in [1.82, 2.24) is 16.0 Å². The number of carbonyl (C=O) groups is 1. The predicted molar refractivity (Wildman–Crippen MR) is 103 cm³/mol. The Balaban J connectivity index is 2.60. The summed E-state index contributed by atoms with van der Waals surface area (Å²) in [5, 5.41) is 9.01.